The van der Waals surface area contributed by atoms with Crippen LogP contribution in [0.4, 0.5) is 0 Å². The fourth-order valence-electron chi connectivity index (χ4n) is 2.80. The first kappa shape index (κ1) is 14.1. The third-order valence-electron chi connectivity index (χ3n) is 3.88. The Bertz CT molecular complexity index is 880. The lowest BCUT2D eigenvalue weighted by atomic mass is 10.2. The van der Waals surface area contributed by atoms with E-state index in [2.05, 4.69) is 89.9 Å². The van der Waals surface area contributed by atoms with Gasteiger partial charge in [-0.1, -0.05) is 78.9 Å². The molecular weight excluding hydrogens is 297 g/mol. The van der Waals surface area contributed by atoms with Gasteiger partial charge in [0.25, 0.3) is 0 Å². The van der Waals surface area contributed by atoms with Crippen molar-refractivity contribution in [1.29, 1.82) is 0 Å². The Morgan fingerprint density at radius 2 is 1.22 bits per heavy atom. The third kappa shape index (κ3) is 2.88. The summed E-state index contributed by atoms with van der Waals surface area (Å²) in [4.78, 5) is 4.52. The standard InChI is InChI=1S/C21H16NP/c1-3-9-18(10-4-1)23(19-11-5-2-6-12-19)20-14-13-17-8-7-15-22-21(17)16-20/h1-16H. The number of pyridine rings is 1. The monoisotopic (exact) mass is 313 g/mol. The molecule has 0 bridgehead atoms. The Balaban J connectivity index is 1.90. The molecule has 0 aliphatic heterocycles. The van der Waals surface area contributed by atoms with Gasteiger partial charge < -0.3 is 0 Å². The van der Waals surface area contributed by atoms with E-state index in [9.17, 15) is 0 Å². The van der Waals surface area contributed by atoms with E-state index in [4.69, 9.17) is 0 Å². The van der Waals surface area contributed by atoms with Gasteiger partial charge in [0, 0.05) is 11.6 Å². The van der Waals surface area contributed by atoms with E-state index in [1.54, 1.807) is 0 Å². The minimum Gasteiger partial charge on any atom is -0.256 e. The molecule has 110 valence electrons. The van der Waals surface area contributed by atoms with Gasteiger partial charge >= 0.3 is 0 Å². The molecular formula is C21H16NP. The van der Waals surface area contributed by atoms with Crippen molar-refractivity contribution in [1.82, 2.24) is 4.98 Å². The van der Waals surface area contributed by atoms with Crippen LogP contribution in [0.3, 0.4) is 0 Å². The van der Waals surface area contributed by atoms with Gasteiger partial charge in [-0.05, 0) is 36.0 Å². The molecule has 0 aliphatic rings. The molecule has 4 aromatic rings. The van der Waals surface area contributed by atoms with Gasteiger partial charge in [-0.3, -0.25) is 4.98 Å². The SMILES string of the molecule is c1ccc(P(c2ccccc2)c2ccc3cccnc3c2)cc1. The van der Waals surface area contributed by atoms with E-state index in [1.807, 2.05) is 12.3 Å². The van der Waals surface area contributed by atoms with E-state index < -0.39 is 7.92 Å². The van der Waals surface area contributed by atoms with Gasteiger partial charge in [-0.25, -0.2) is 0 Å². The molecule has 0 fully saturated rings. The second kappa shape index (κ2) is 6.32. The molecule has 4 rings (SSSR count). The Morgan fingerprint density at radius 1 is 0.565 bits per heavy atom. The van der Waals surface area contributed by atoms with Crippen molar-refractivity contribution in [3.8, 4) is 0 Å². The summed E-state index contributed by atoms with van der Waals surface area (Å²) in [7, 11) is -0.559. The van der Waals surface area contributed by atoms with Crippen LogP contribution in [0, 0.1) is 0 Å². The first-order valence-electron chi connectivity index (χ1n) is 7.67. The highest BCUT2D eigenvalue weighted by Gasteiger charge is 2.16. The fraction of sp³-hybridized carbons (Fsp3) is 0. The maximum atomic E-state index is 4.52. The van der Waals surface area contributed by atoms with Crippen LogP contribution < -0.4 is 15.9 Å². The molecule has 0 N–H and O–H groups in total. The summed E-state index contributed by atoms with van der Waals surface area (Å²) < 4.78 is 0. The number of fused-ring (bicyclic) bond motifs is 1. The smallest absolute Gasteiger partial charge is 0.0708 e. The predicted molar refractivity (Wildman–Crippen MR) is 100 cm³/mol. The molecule has 2 heteroatoms. The minimum atomic E-state index is -0.559. The highest BCUT2D eigenvalue weighted by Crippen LogP contribution is 2.33. The molecule has 3 aromatic carbocycles. The van der Waals surface area contributed by atoms with Crippen molar-refractivity contribution < 1.29 is 0 Å². The molecule has 0 unspecified atom stereocenters. The zero-order chi connectivity index (χ0) is 15.5. The molecule has 0 spiro atoms. The van der Waals surface area contributed by atoms with Crippen LogP contribution in [0.2, 0.25) is 0 Å². The lowest BCUT2D eigenvalue weighted by molar-refractivity contribution is 1.42. The van der Waals surface area contributed by atoms with Gasteiger partial charge in [0.2, 0.25) is 0 Å². The molecule has 0 atom stereocenters. The van der Waals surface area contributed by atoms with Crippen LogP contribution in [-0.4, -0.2) is 4.98 Å². The molecule has 1 nitrogen and oxygen atoms in total. The van der Waals surface area contributed by atoms with E-state index >= 15 is 0 Å². The summed E-state index contributed by atoms with van der Waals surface area (Å²) in [5.74, 6) is 0. The quantitative estimate of drug-likeness (QED) is 0.521. The van der Waals surface area contributed by atoms with E-state index in [1.165, 1.54) is 21.3 Å². The first-order chi connectivity index (χ1) is 11.4. The summed E-state index contributed by atoms with van der Waals surface area (Å²) in [5.41, 5.74) is 1.06. The number of rotatable bonds is 3. The molecule has 23 heavy (non-hydrogen) atoms. The lowest BCUT2D eigenvalue weighted by Crippen LogP contribution is -2.20. The summed E-state index contributed by atoms with van der Waals surface area (Å²) in [6.07, 6.45) is 1.86. The number of hydrogen-bond acceptors (Lipinski definition) is 1. The van der Waals surface area contributed by atoms with Crippen LogP contribution in [0.15, 0.2) is 97.2 Å². The Kier molecular flexibility index (Phi) is 3.88. The van der Waals surface area contributed by atoms with Crippen molar-refractivity contribution in [3.63, 3.8) is 0 Å². The van der Waals surface area contributed by atoms with Crippen molar-refractivity contribution in [2.75, 3.05) is 0 Å². The summed E-state index contributed by atoms with van der Waals surface area (Å²) >= 11 is 0. The Labute approximate surface area is 137 Å². The average Bonchev–Trinajstić information content (AvgIpc) is 2.64. The highest BCUT2D eigenvalue weighted by molar-refractivity contribution is 7.79. The lowest BCUT2D eigenvalue weighted by Gasteiger charge is -2.19. The minimum absolute atomic E-state index is 0.559. The molecule has 0 aliphatic carbocycles. The van der Waals surface area contributed by atoms with Gasteiger partial charge in [0.1, 0.15) is 0 Å². The summed E-state index contributed by atoms with van der Waals surface area (Å²) in [6, 6.07) is 32.3. The number of hydrogen-bond donors (Lipinski definition) is 0. The molecule has 0 amide bonds. The zero-order valence-corrected chi connectivity index (χ0v) is 13.5. The van der Waals surface area contributed by atoms with Gasteiger partial charge in [0.05, 0.1) is 5.52 Å². The van der Waals surface area contributed by atoms with Gasteiger partial charge in [-0.2, -0.15) is 0 Å². The second-order valence-corrected chi connectivity index (χ2v) is 7.61. The molecule has 1 heterocycles. The summed E-state index contributed by atoms with van der Waals surface area (Å²) in [5, 5.41) is 5.25. The van der Waals surface area contributed by atoms with Crippen LogP contribution >= 0.6 is 7.92 Å². The topological polar surface area (TPSA) is 12.9 Å². The number of benzene rings is 3. The van der Waals surface area contributed by atoms with Crippen LogP contribution in [0.5, 0.6) is 0 Å². The fourth-order valence-corrected chi connectivity index (χ4v) is 5.11. The normalized spacial score (nSPS) is 11.0. The largest absolute Gasteiger partial charge is 0.256 e. The number of aromatic nitrogens is 1. The Morgan fingerprint density at radius 3 is 1.87 bits per heavy atom. The zero-order valence-electron chi connectivity index (χ0n) is 12.6. The summed E-state index contributed by atoms with van der Waals surface area (Å²) in [6.45, 7) is 0. The van der Waals surface area contributed by atoms with Crippen molar-refractivity contribution in [2.24, 2.45) is 0 Å². The van der Waals surface area contributed by atoms with E-state index in [0.29, 0.717) is 0 Å². The van der Waals surface area contributed by atoms with Crippen LogP contribution in [0.25, 0.3) is 10.9 Å². The first-order valence-corrected chi connectivity index (χ1v) is 9.01. The Hall–Kier alpha value is -2.50. The van der Waals surface area contributed by atoms with Crippen LogP contribution in [-0.2, 0) is 0 Å². The maximum absolute atomic E-state index is 4.52. The average molecular weight is 313 g/mol. The molecule has 0 saturated heterocycles. The highest BCUT2D eigenvalue weighted by atomic mass is 31.1. The van der Waals surface area contributed by atoms with Gasteiger partial charge in [0.15, 0.2) is 0 Å². The molecule has 1 aromatic heterocycles. The molecule has 0 radical (unpaired) electrons. The van der Waals surface area contributed by atoms with Gasteiger partial charge in [-0.15, -0.1) is 0 Å². The van der Waals surface area contributed by atoms with Crippen molar-refractivity contribution in [2.45, 2.75) is 0 Å². The van der Waals surface area contributed by atoms with Crippen molar-refractivity contribution >= 4 is 34.7 Å². The third-order valence-corrected chi connectivity index (χ3v) is 6.30. The van der Waals surface area contributed by atoms with E-state index in [-0.39, 0.29) is 0 Å². The predicted octanol–water partition coefficient (Wildman–Crippen LogP) is 3.99. The van der Waals surface area contributed by atoms with Crippen LogP contribution in [0.1, 0.15) is 0 Å². The van der Waals surface area contributed by atoms with Crippen molar-refractivity contribution in [3.05, 3.63) is 97.2 Å². The number of nitrogens with zero attached hydrogens (tertiary/aromatic N) is 1. The second-order valence-electron chi connectivity index (χ2n) is 5.39. The maximum Gasteiger partial charge on any atom is 0.0708 e. The van der Waals surface area contributed by atoms with E-state index in [0.717, 1.165) is 5.52 Å². The molecule has 0 saturated carbocycles.